The third kappa shape index (κ3) is 8.35. The number of aliphatic hydroxyl groups is 1. The predicted octanol–water partition coefficient (Wildman–Crippen LogP) is 9.19. The number of pyridine rings is 1. The number of likely N-dealkylation sites (tertiary alicyclic amines) is 1. The Balaban J connectivity index is 0.838. The second kappa shape index (κ2) is 16.7. The van der Waals surface area contributed by atoms with E-state index in [1.54, 1.807) is 24.5 Å². The summed E-state index contributed by atoms with van der Waals surface area (Å²) in [7, 11) is -4.39. The third-order valence-corrected chi connectivity index (χ3v) is 16.7. The van der Waals surface area contributed by atoms with E-state index in [-0.39, 0.29) is 22.0 Å². The van der Waals surface area contributed by atoms with Gasteiger partial charge in [-0.25, -0.2) is 18.1 Å². The summed E-state index contributed by atoms with van der Waals surface area (Å²) in [6, 6.07) is 22.1. The Bertz CT molecular complexity index is 2650. The second-order valence-corrected chi connectivity index (χ2v) is 21.8. The van der Waals surface area contributed by atoms with Gasteiger partial charge in [0.15, 0.2) is 0 Å². The molecule has 2 aliphatic carbocycles. The molecule has 1 amide bonds. The highest BCUT2D eigenvalue weighted by atomic mass is 32.2. The lowest BCUT2D eigenvalue weighted by Gasteiger charge is -2.56. The molecular formula is C51H62N6O6S. The van der Waals surface area contributed by atoms with Gasteiger partial charge in [-0.05, 0) is 148 Å². The third-order valence-electron chi connectivity index (χ3n) is 15.4. The van der Waals surface area contributed by atoms with Gasteiger partial charge >= 0.3 is 0 Å². The normalized spacial score (nSPS) is 23.8. The molecule has 2 aromatic heterocycles. The molecule has 0 bridgehead atoms. The minimum atomic E-state index is -4.39. The molecule has 13 heteroatoms. The van der Waals surface area contributed by atoms with E-state index in [9.17, 15) is 23.4 Å². The van der Waals surface area contributed by atoms with E-state index in [1.807, 2.05) is 31.2 Å². The van der Waals surface area contributed by atoms with Gasteiger partial charge in [-0.3, -0.25) is 9.69 Å². The predicted molar refractivity (Wildman–Crippen MR) is 250 cm³/mol. The first-order valence-corrected chi connectivity index (χ1v) is 25.0. The maximum atomic E-state index is 14.1. The van der Waals surface area contributed by atoms with Crippen LogP contribution in [0, 0.1) is 11.3 Å². The maximum Gasteiger partial charge on any atom is 0.268 e. The Labute approximate surface area is 377 Å². The Morgan fingerprint density at radius 2 is 1.75 bits per heavy atom. The molecule has 5 heterocycles. The van der Waals surface area contributed by atoms with Crippen LogP contribution in [0.25, 0.3) is 11.0 Å². The summed E-state index contributed by atoms with van der Waals surface area (Å²) in [6.07, 6.45) is 14.3. The van der Waals surface area contributed by atoms with Crippen LogP contribution in [0.2, 0.25) is 0 Å². The summed E-state index contributed by atoms with van der Waals surface area (Å²) >= 11 is 0. The van der Waals surface area contributed by atoms with Crippen molar-refractivity contribution >= 4 is 38.3 Å². The lowest BCUT2D eigenvalue weighted by molar-refractivity contribution is -0.0227. The molecule has 5 aliphatic rings. The first kappa shape index (κ1) is 42.8. The Hall–Kier alpha value is -5.11. The molecule has 0 unspecified atom stereocenters. The molecule has 0 radical (unpaired) electrons. The summed E-state index contributed by atoms with van der Waals surface area (Å²) in [4.78, 5) is 28.8. The summed E-state index contributed by atoms with van der Waals surface area (Å²) in [6.45, 7) is 10.8. The molecule has 2 saturated carbocycles. The zero-order valence-corrected chi connectivity index (χ0v) is 38.2. The van der Waals surface area contributed by atoms with Gasteiger partial charge in [-0.1, -0.05) is 38.1 Å². The Kier molecular flexibility index (Phi) is 11.2. The van der Waals surface area contributed by atoms with E-state index in [1.165, 1.54) is 49.4 Å². The summed E-state index contributed by atoms with van der Waals surface area (Å²) in [5.41, 5.74) is 5.75. The highest BCUT2D eigenvalue weighted by Gasteiger charge is 2.50. The van der Waals surface area contributed by atoms with E-state index in [0.29, 0.717) is 59.4 Å². The molecule has 1 spiro atoms. The van der Waals surface area contributed by atoms with Crippen molar-refractivity contribution in [2.75, 3.05) is 42.5 Å². The van der Waals surface area contributed by atoms with Gasteiger partial charge in [0.2, 0.25) is 0 Å². The number of anilines is 2. The Morgan fingerprint density at radius 3 is 2.53 bits per heavy atom. The van der Waals surface area contributed by atoms with Gasteiger partial charge in [0.1, 0.15) is 22.9 Å². The molecule has 3 aliphatic heterocycles. The van der Waals surface area contributed by atoms with Crippen molar-refractivity contribution in [2.24, 2.45) is 11.3 Å². The number of carbonyl (C=O) groups excluding carboxylic acids is 1. The van der Waals surface area contributed by atoms with Crippen molar-refractivity contribution in [3.8, 4) is 17.2 Å². The molecule has 338 valence electrons. The van der Waals surface area contributed by atoms with E-state index < -0.39 is 21.5 Å². The van der Waals surface area contributed by atoms with Crippen molar-refractivity contribution in [1.82, 2.24) is 19.6 Å². The molecular weight excluding hydrogens is 825 g/mol. The SMILES string of the molecule is CC(C)c1ccccc1[C@@H]1CCCN1C1CC2(CCN(c3ccc(C(=O)NS(=O)(=O)c4cc(O)c5c(c4)CCN5CC4CCC(C)(O)CC4)c(Oc4cnc5[nH]ccc5c4)c3)CC2)C1. The number of hydrogen-bond acceptors (Lipinski definition) is 10. The number of nitrogens with zero attached hydrogens (tertiary/aromatic N) is 4. The zero-order chi connectivity index (χ0) is 44.4. The molecule has 4 fully saturated rings. The average molecular weight is 887 g/mol. The number of piperidine rings is 1. The van der Waals surface area contributed by atoms with Crippen molar-refractivity contribution < 1.29 is 28.2 Å². The van der Waals surface area contributed by atoms with Crippen LogP contribution < -0.4 is 19.3 Å². The van der Waals surface area contributed by atoms with Crippen LogP contribution in [0.3, 0.4) is 0 Å². The van der Waals surface area contributed by atoms with Crippen LogP contribution in [0.15, 0.2) is 84.0 Å². The van der Waals surface area contributed by atoms with Crippen molar-refractivity contribution in [3.05, 3.63) is 101 Å². The lowest BCUT2D eigenvalue weighted by atomic mass is 9.59. The number of amides is 1. The fourth-order valence-corrected chi connectivity index (χ4v) is 12.8. The summed E-state index contributed by atoms with van der Waals surface area (Å²) in [5.74, 6) is 0.576. The number of nitrogens with one attached hydrogen (secondary N) is 2. The Morgan fingerprint density at radius 1 is 0.969 bits per heavy atom. The molecule has 64 heavy (non-hydrogen) atoms. The topological polar surface area (TPSA) is 151 Å². The number of hydrogen-bond donors (Lipinski definition) is 4. The second-order valence-electron chi connectivity index (χ2n) is 20.1. The van der Waals surface area contributed by atoms with Crippen LogP contribution in [0.4, 0.5) is 11.4 Å². The minimum absolute atomic E-state index is 0.0685. The van der Waals surface area contributed by atoms with Gasteiger partial charge < -0.3 is 29.7 Å². The first-order chi connectivity index (χ1) is 30.7. The molecule has 1 atom stereocenters. The number of rotatable bonds is 11. The molecule has 10 rings (SSSR count). The van der Waals surface area contributed by atoms with Gasteiger partial charge in [-0.2, -0.15) is 0 Å². The number of benzene rings is 3. The summed E-state index contributed by atoms with van der Waals surface area (Å²) in [5, 5.41) is 22.5. The monoisotopic (exact) mass is 886 g/mol. The van der Waals surface area contributed by atoms with Crippen LogP contribution in [-0.4, -0.2) is 83.8 Å². The van der Waals surface area contributed by atoms with Crippen molar-refractivity contribution in [3.63, 3.8) is 0 Å². The van der Waals surface area contributed by atoms with Crippen LogP contribution in [0.5, 0.6) is 17.2 Å². The highest BCUT2D eigenvalue weighted by molar-refractivity contribution is 7.90. The van der Waals surface area contributed by atoms with Crippen LogP contribution >= 0.6 is 0 Å². The lowest BCUT2D eigenvalue weighted by Crippen LogP contribution is -2.54. The number of aromatic hydroxyl groups is 1. The number of aromatic nitrogens is 2. The number of fused-ring (bicyclic) bond motifs is 2. The number of carbonyl (C=O) groups is 1. The van der Waals surface area contributed by atoms with Gasteiger partial charge in [0.25, 0.3) is 15.9 Å². The fraction of sp³-hybridized carbons (Fsp3) is 0.490. The van der Waals surface area contributed by atoms with E-state index >= 15 is 0 Å². The number of aromatic amines is 1. The number of ether oxygens (including phenoxy) is 1. The molecule has 3 aromatic carbocycles. The molecule has 2 saturated heterocycles. The fourth-order valence-electron chi connectivity index (χ4n) is 11.7. The smallest absolute Gasteiger partial charge is 0.268 e. The van der Waals surface area contributed by atoms with E-state index in [0.717, 1.165) is 74.8 Å². The number of H-pyrrole nitrogens is 1. The molecule has 5 aromatic rings. The van der Waals surface area contributed by atoms with Crippen molar-refractivity contribution in [1.29, 1.82) is 0 Å². The van der Waals surface area contributed by atoms with Gasteiger partial charge in [0, 0.05) is 67.7 Å². The number of phenolic OH excluding ortho intramolecular Hbond substituents is 1. The average Bonchev–Trinajstić information content (AvgIpc) is 4.04. The summed E-state index contributed by atoms with van der Waals surface area (Å²) < 4.78 is 36.5. The van der Waals surface area contributed by atoms with Crippen LogP contribution in [0.1, 0.15) is 124 Å². The standard InChI is InChI=1S/C51H62N6O6S/c1-33(2)41-7-4-5-8-42(41)44-9-6-21-57(44)38-29-51(30-38)18-23-55(24-19-51)37-10-11-43(46(27-37)63-39-25-36-14-20-52-48(36)53-31-39)49(59)54-64(61,62)40-26-35-15-22-56(47(35)45(58)28-40)32-34-12-16-50(3,60)17-13-34/h4-5,7-8,10-11,14,20,25-28,31,33-34,38,44,58,60H,6,9,12-13,15-19,21-24,29-30,32H2,1-3H3,(H,52,53)(H,54,59)/t34?,44-,50?/m0/s1. The van der Waals surface area contributed by atoms with Gasteiger partial charge in [0.05, 0.1) is 27.9 Å². The minimum Gasteiger partial charge on any atom is -0.506 e. The molecule has 12 nitrogen and oxygen atoms in total. The highest BCUT2D eigenvalue weighted by Crippen LogP contribution is 2.54. The largest absolute Gasteiger partial charge is 0.506 e. The number of phenols is 1. The zero-order valence-electron chi connectivity index (χ0n) is 37.4. The van der Waals surface area contributed by atoms with Crippen LogP contribution in [-0.2, 0) is 16.4 Å². The quantitative estimate of drug-likeness (QED) is 0.101. The first-order valence-electron chi connectivity index (χ1n) is 23.5. The van der Waals surface area contributed by atoms with E-state index in [4.69, 9.17) is 4.74 Å². The maximum absolute atomic E-state index is 14.1. The van der Waals surface area contributed by atoms with Gasteiger partial charge in [-0.15, -0.1) is 0 Å². The molecule has 4 N–H and O–H groups in total. The van der Waals surface area contributed by atoms with Crippen molar-refractivity contribution in [2.45, 2.75) is 120 Å². The number of sulfonamides is 1. The van der Waals surface area contributed by atoms with E-state index in [2.05, 4.69) is 67.5 Å².